The Hall–Kier alpha value is -7.92. The first-order valence-electron chi connectivity index (χ1n) is 23.1. The zero-order valence-electron chi connectivity index (χ0n) is 38.6. The first-order valence-corrected chi connectivity index (χ1v) is 24.5. The van der Waals surface area contributed by atoms with E-state index in [0.29, 0.717) is 51.6 Å². The van der Waals surface area contributed by atoms with Crippen LogP contribution in [0, 0.1) is 6.92 Å². The lowest BCUT2D eigenvalue weighted by Gasteiger charge is -2.29. The molecule has 0 aliphatic carbocycles. The molecule has 0 unspecified atom stereocenters. The number of para-hydroxylation sites is 1. The van der Waals surface area contributed by atoms with Gasteiger partial charge in [0.15, 0.2) is 0 Å². The fraction of sp³-hybridized carbons (Fsp3) is 0.264. The number of hydrogen-bond acceptors (Lipinski definition) is 9. The normalized spacial score (nSPS) is 21.1. The van der Waals surface area contributed by atoms with Gasteiger partial charge in [-0.15, -0.1) is 4.40 Å². The maximum absolute atomic E-state index is 14.7. The Labute approximate surface area is 405 Å². The molecule has 360 valence electrons. The van der Waals surface area contributed by atoms with E-state index in [-0.39, 0.29) is 36.3 Å². The van der Waals surface area contributed by atoms with E-state index in [1.807, 2.05) is 31.2 Å². The predicted octanol–water partition coefficient (Wildman–Crippen LogP) is 3.81. The molecule has 8 rings (SSSR count). The number of sulfonamides is 1. The van der Waals surface area contributed by atoms with Crippen LogP contribution in [0.2, 0.25) is 0 Å². The summed E-state index contributed by atoms with van der Waals surface area (Å²) in [5, 5.41) is 14.5. The van der Waals surface area contributed by atoms with Gasteiger partial charge in [0.2, 0.25) is 41.0 Å². The molecule has 0 saturated carbocycles. The van der Waals surface area contributed by atoms with Gasteiger partial charge in [0.05, 0.1) is 11.4 Å². The fourth-order valence-electron chi connectivity index (χ4n) is 8.60. The monoisotopic (exact) mass is 963 g/mol. The molecule has 2 fully saturated rings. The summed E-state index contributed by atoms with van der Waals surface area (Å²) in [4.78, 5) is 85.5. The largest absolute Gasteiger partial charge is 0.437 e. The zero-order chi connectivity index (χ0) is 49.4. The molecule has 2 aliphatic rings. The molecule has 5 aromatic carbocycles. The van der Waals surface area contributed by atoms with E-state index in [4.69, 9.17) is 4.42 Å². The van der Waals surface area contributed by atoms with E-state index in [1.54, 1.807) is 103 Å². The van der Waals surface area contributed by atoms with E-state index in [0.717, 1.165) is 5.56 Å². The summed E-state index contributed by atoms with van der Waals surface area (Å²) in [5.41, 5.74) is 4.04. The van der Waals surface area contributed by atoms with Gasteiger partial charge in [0.25, 0.3) is 10.0 Å². The van der Waals surface area contributed by atoms with Gasteiger partial charge in [0.1, 0.15) is 35.8 Å². The van der Waals surface area contributed by atoms with Crippen LogP contribution in [0.3, 0.4) is 0 Å². The Morgan fingerprint density at radius 3 is 1.79 bits per heavy atom. The van der Waals surface area contributed by atoms with Crippen molar-refractivity contribution in [3.63, 3.8) is 0 Å². The minimum Gasteiger partial charge on any atom is -0.437 e. The summed E-state index contributed by atoms with van der Waals surface area (Å²) in [6.45, 7) is 3.13. The van der Waals surface area contributed by atoms with Crippen molar-refractivity contribution in [3.8, 4) is 11.1 Å². The minimum absolute atomic E-state index is 0.00709. The van der Waals surface area contributed by atoms with Gasteiger partial charge >= 0.3 is 0 Å². The van der Waals surface area contributed by atoms with Crippen LogP contribution in [-0.4, -0.2) is 92.1 Å². The van der Waals surface area contributed by atoms with Crippen molar-refractivity contribution in [2.75, 3.05) is 13.1 Å². The highest BCUT2D eigenvalue weighted by molar-refractivity contribution is 7.90. The third-order valence-electron chi connectivity index (χ3n) is 12.4. The highest BCUT2D eigenvalue weighted by Gasteiger charge is 2.38. The van der Waals surface area contributed by atoms with Crippen LogP contribution < -0.4 is 32.1 Å². The molecule has 0 spiro atoms. The van der Waals surface area contributed by atoms with E-state index in [1.165, 1.54) is 24.0 Å². The molecule has 0 radical (unpaired) electrons. The molecule has 0 bridgehead atoms. The summed E-state index contributed by atoms with van der Waals surface area (Å²) >= 11 is 0. The number of nitrogens with one attached hydrogen (secondary N) is 5. The number of carbonyl (C=O) groups is 6. The minimum atomic E-state index is -4.21. The molecule has 1 aromatic heterocycles. The first-order chi connectivity index (χ1) is 33.7. The van der Waals surface area contributed by atoms with Gasteiger partial charge in [-0.25, -0.2) is 0 Å². The summed E-state index contributed by atoms with van der Waals surface area (Å²) in [6.07, 6.45) is 0.833. The van der Waals surface area contributed by atoms with Crippen molar-refractivity contribution in [1.82, 2.24) is 31.5 Å². The molecule has 5 N–H and O–H groups in total. The number of aryl methyl sites for hydroxylation is 1. The van der Waals surface area contributed by atoms with Crippen LogP contribution in [0.4, 0.5) is 0 Å². The van der Waals surface area contributed by atoms with Gasteiger partial charge < -0.3 is 35.9 Å². The smallest absolute Gasteiger partial charge is 0.285 e. The van der Waals surface area contributed by atoms with Crippen molar-refractivity contribution >= 4 is 56.4 Å². The van der Waals surface area contributed by atoms with Crippen LogP contribution in [-0.2, 0) is 58.1 Å². The second kappa shape index (κ2) is 21.6. The third-order valence-corrected chi connectivity index (χ3v) is 13.6. The number of benzene rings is 5. The molecule has 16 nitrogen and oxygen atoms in total. The number of fused-ring (bicyclic) bond motifs is 2. The quantitative estimate of drug-likeness (QED) is 0.142. The van der Waals surface area contributed by atoms with Gasteiger partial charge in [-0.1, -0.05) is 121 Å². The maximum Gasteiger partial charge on any atom is 0.285 e. The predicted molar refractivity (Wildman–Crippen MR) is 261 cm³/mol. The number of hydrogen-bond donors (Lipinski definition) is 5. The summed E-state index contributed by atoms with van der Waals surface area (Å²) in [5.74, 6) is -3.79. The Balaban J connectivity index is 1.15. The van der Waals surface area contributed by atoms with Gasteiger partial charge in [-0.05, 0) is 73.2 Å². The fourth-order valence-corrected chi connectivity index (χ4v) is 9.54. The maximum atomic E-state index is 14.7. The van der Waals surface area contributed by atoms with Crippen LogP contribution in [0.1, 0.15) is 42.0 Å². The second-order valence-electron chi connectivity index (χ2n) is 17.5. The Morgan fingerprint density at radius 2 is 1.17 bits per heavy atom. The second-order valence-corrected chi connectivity index (χ2v) is 19.1. The van der Waals surface area contributed by atoms with Crippen molar-refractivity contribution in [3.05, 3.63) is 167 Å². The highest BCUT2D eigenvalue weighted by Crippen LogP contribution is 2.24. The Kier molecular flexibility index (Phi) is 15.0. The first kappa shape index (κ1) is 48.5. The SMILES string of the molecule is Cc1ccc(S(=O)(=O)/N=c2\oc3ccccc3cc2-c2ccc(C[C@@H]3NC(=O)[C@H](Cc4ccccc4)NC(=O)CNC(=O)[C@@H]4CCCN4C(=O)[C@H](C)NC(=O)[C@H](Cc4ccccc4)NC3=O)cc2)cc1. The third kappa shape index (κ3) is 11.8. The lowest BCUT2D eigenvalue weighted by Crippen LogP contribution is -2.60. The molecule has 6 aromatic rings. The average Bonchev–Trinajstić information content (AvgIpc) is 3.85. The van der Waals surface area contributed by atoms with Gasteiger partial charge in [-0.2, -0.15) is 8.42 Å². The number of rotatable bonds is 9. The molecule has 2 saturated heterocycles. The van der Waals surface area contributed by atoms with E-state index >= 15 is 0 Å². The topological polar surface area (TPSA) is 225 Å². The van der Waals surface area contributed by atoms with Crippen molar-refractivity contribution in [1.29, 1.82) is 0 Å². The molecule has 2 aliphatic heterocycles. The molecule has 3 heterocycles. The van der Waals surface area contributed by atoms with E-state index in [2.05, 4.69) is 31.0 Å². The Morgan fingerprint density at radius 1 is 0.629 bits per heavy atom. The van der Waals surface area contributed by atoms with Crippen LogP contribution in [0.25, 0.3) is 22.1 Å². The average molecular weight is 964 g/mol. The lowest BCUT2D eigenvalue weighted by molar-refractivity contribution is -0.141. The van der Waals surface area contributed by atoms with Gasteiger partial charge in [0, 0.05) is 36.8 Å². The van der Waals surface area contributed by atoms with E-state index in [9.17, 15) is 37.2 Å². The molecule has 17 heteroatoms. The van der Waals surface area contributed by atoms with Crippen LogP contribution in [0.15, 0.2) is 153 Å². The Bertz CT molecular complexity index is 3090. The van der Waals surface area contributed by atoms with Crippen molar-refractivity contribution in [2.24, 2.45) is 4.40 Å². The van der Waals surface area contributed by atoms with Crippen LogP contribution in [0.5, 0.6) is 0 Å². The molecule has 5 atom stereocenters. The number of nitrogens with zero attached hydrogens (tertiary/aromatic N) is 2. The summed E-state index contributed by atoms with van der Waals surface area (Å²) in [6, 6.07) is 34.3. The lowest BCUT2D eigenvalue weighted by atomic mass is 9.98. The molecule has 70 heavy (non-hydrogen) atoms. The zero-order valence-corrected chi connectivity index (χ0v) is 39.4. The number of amides is 6. The van der Waals surface area contributed by atoms with Gasteiger partial charge in [-0.3, -0.25) is 28.8 Å². The number of carbonyl (C=O) groups excluding carboxylic acids is 6. The summed E-state index contributed by atoms with van der Waals surface area (Å²) in [7, 11) is -4.21. The molecule has 6 amide bonds. The van der Waals surface area contributed by atoms with Crippen LogP contribution >= 0.6 is 0 Å². The van der Waals surface area contributed by atoms with Crippen molar-refractivity contribution < 1.29 is 41.6 Å². The summed E-state index contributed by atoms with van der Waals surface area (Å²) < 4.78 is 37.5. The van der Waals surface area contributed by atoms with E-state index < -0.39 is 82.2 Å². The standard InChI is InChI=1S/C53H53N7O9S/c1-33-19-25-40(26-20-33)70(67,68)59-52-41(31-39-16-9-10-18-46(39)69-52)38-23-21-37(22-24-38)30-44-50(64)57-43(29-36-14-7-4-8-15-36)48(62)55-34(2)53(66)60-27-11-17-45(60)51(65)54-32-47(61)56-42(49(63)58-44)28-35-12-5-3-6-13-35/h3-10,12-16,18-26,31,34,42-45H,11,17,27-30,32H2,1-2H3,(H,54,65)(H,55,62)(H,56,61)(H,57,64)(H,58,63)/b59-52-/t34-,42-,43-,44-,45-/m0/s1. The van der Waals surface area contributed by atoms with Crippen molar-refractivity contribution in [2.45, 2.75) is 81.1 Å². The highest BCUT2D eigenvalue weighted by atomic mass is 32.2. The molecular weight excluding hydrogens is 911 g/mol. The molecular formula is C53H53N7O9S.